The molecule has 0 saturated carbocycles. The summed E-state index contributed by atoms with van der Waals surface area (Å²) in [5.74, 6) is 0. The van der Waals surface area contributed by atoms with Crippen LogP contribution in [0.2, 0.25) is 0 Å². The lowest BCUT2D eigenvalue weighted by atomic mass is 10.2. The predicted molar refractivity (Wildman–Crippen MR) is 72.5 cm³/mol. The van der Waals surface area contributed by atoms with Crippen molar-refractivity contribution in [3.05, 3.63) is 22.4 Å². The molecule has 17 heavy (non-hydrogen) atoms. The third kappa shape index (κ3) is 4.76. The number of nitrogens with zero attached hydrogens (tertiary/aromatic N) is 1. The van der Waals surface area contributed by atoms with Crippen LogP contribution in [-0.4, -0.2) is 44.3 Å². The van der Waals surface area contributed by atoms with E-state index >= 15 is 0 Å². The summed E-state index contributed by atoms with van der Waals surface area (Å²) in [5.41, 5.74) is 0. The molecule has 1 aromatic rings. The van der Waals surface area contributed by atoms with Crippen LogP contribution in [0.5, 0.6) is 0 Å². The zero-order valence-corrected chi connectivity index (χ0v) is 11.3. The van der Waals surface area contributed by atoms with Crippen LogP contribution in [0.15, 0.2) is 17.5 Å². The first-order valence-corrected chi connectivity index (χ1v) is 7.26. The molecule has 0 radical (unpaired) electrons. The van der Waals surface area contributed by atoms with E-state index in [1.165, 1.54) is 17.7 Å². The molecule has 1 aliphatic heterocycles. The van der Waals surface area contributed by atoms with E-state index in [1.54, 1.807) is 0 Å². The Labute approximate surface area is 108 Å². The molecule has 1 fully saturated rings. The Kier molecular flexibility index (Phi) is 5.45. The maximum atomic E-state index is 5.63. The smallest absolute Gasteiger partial charge is 0.0702 e. The summed E-state index contributed by atoms with van der Waals surface area (Å²) in [7, 11) is 2.18. The minimum atomic E-state index is 0.470. The van der Waals surface area contributed by atoms with Crippen LogP contribution in [0.3, 0.4) is 0 Å². The van der Waals surface area contributed by atoms with Gasteiger partial charge in [-0.15, -0.1) is 11.3 Å². The van der Waals surface area contributed by atoms with E-state index in [0.29, 0.717) is 6.10 Å². The molecular formula is C13H22N2OS. The number of hydrogen-bond donors (Lipinski definition) is 1. The Balaban J connectivity index is 1.52. The quantitative estimate of drug-likeness (QED) is 0.753. The van der Waals surface area contributed by atoms with Gasteiger partial charge in [-0.05, 0) is 31.3 Å². The predicted octanol–water partition coefficient (Wildman–Crippen LogP) is 1.95. The first-order valence-electron chi connectivity index (χ1n) is 6.38. The molecule has 1 unspecified atom stereocenters. The van der Waals surface area contributed by atoms with Gasteiger partial charge in [0.05, 0.1) is 6.10 Å². The molecule has 1 saturated heterocycles. The van der Waals surface area contributed by atoms with Crippen molar-refractivity contribution in [1.29, 1.82) is 0 Å². The zero-order chi connectivity index (χ0) is 11.9. The van der Waals surface area contributed by atoms with Gasteiger partial charge in [-0.3, -0.25) is 0 Å². The lowest BCUT2D eigenvalue weighted by Crippen LogP contribution is -2.34. The Hall–Kier alpha value is -0.420. The van der Waals surface area contributed by atoms with Crippen LogP contribution in [0.1, 0.15) is 17.7 Å². The maximum Gasteiger partial charge on any atom is 0.0702 e. The van der Waals surface area contributed by atoms with Crippen LogP contribution in [0.4, 0.5) is 0 Å². The van der Waals surface area contributed by atoms with Crippen molar-refractivity contribution in [2.75, 3.05) is 33.3 Å². The molecule has 2 heterocycles. The molecule has 96 valence electrons. The molecule has 1 atom stereocenters. The molecule has 1 aliphatic rings. The number of rotatable bonds is 7. The Morgan fingerprint density at radius 2 is 2.53 bits per heavy atom. The fourth-order valence-corrected chi connectivity index (χ4v) is 2.80. The van der Waals surface area contributed by atoms with Crippen LogP contribution < -0.4 is 5.32 Å². The minimum Gasteiger partial charge on any atom is -0.377 e. The third-order valence-electron chi connectivity index (χ3n) is 3.09. The SMILES string of the molecule is CN(CCNCc1cccs1)CC1CCCO1. The maximum absolute atomic E-state index is 5.63. The van der Waals surface area contributed by atoms with Crippen molar-refractivity contribution in [3.8, 4) is 0 Å². The highest BCUT2D eigenvalue weighted by Crippen LogP contribution is 2.12. The van der Waals surface area contributed by atoms with E-state index in [9.17, 15) is 0 Å². The molecule has 0 bridgehead atoms. The summed E-state index contributed by atoms with van der Waals surface area (Å²) in [6.07, 6.45) is 2.93. The van der Waals surface area contributed by atoms with E-state index in [1.807, 2.05) is 11.3 Å². The molecular weight excluding hydrogens is 232 g/mol. The average molecular weight is 254 g/mol. The lowest BCUT2D eigenvalue weighted by Gasteiger charge is -2.20. The van der Waals surface area contributed by atoms with E-state index in [-0.39, 0.29) is 0 Å². The van der Waals surface area contributed by atoms with Gasteiger partial charge in [0.25, 0.3) is 0 Å². The second-order valence-corrected chi connectivity index (χ2v) is 5.69. The van der Waals surface area contributed by atoms with Gasteiger partial charge in [-0.1, -0.05) is 6.07 Å². The lowest BCUT2D eigenvalue weighted by molar-refractivity contribution is 0.0815. The molecule has 3 nitrogen and oxygen atoms in total. The van der Waals surface area contributed by atoms with Crippen molar-refractivity contribution >= 4 is 11.3 Å². The molecule has 2 rings (SSSR count). The zero-order valence-electron chi connectivity index (χ0n) is 10.5. The average Bonchev–Trinajstić information content (AvgIpc) is 2.96. The molecule has 0 aliphatic carbocycles. The normalized spacial score (nSPS) is 20.2. The summed E-state index contributed by atoms with van der Waals surface area (Å²) in [4.78, 5) is 3.77. The highest BCUT2D eigenvalue weighted by molar-refractivity contribution is 7.09. The number of likely N-dealkylation sites (N-methyl/N-ethyl adjacent to an activating group) is 1. The Morgan fingerprint density at radius 3 is 3.24 bits per heavy atom. The molecule has 4 heteroatoms. The van der Waals surface area contributed by atoms with Gasteiger partial charge in [0.1, 0.15) is 0 Å². The summed E-state index contributed by atoms with van der Waals surface area (Å²) in [6, 6.07) is 4.28. The number of hydrogen-bond acceptors (Lipinski definition) is 4. The van der Waals surface area contributed by atoms with Crippen LogP contribution in [0, 0.1) is 0 Å². The van der Waals surface area contributed by atoms with Crippen molar-refractivity contribution in [1.82, 2.24) is 10.2 Å². The highest BCUT2D eigenvalue weighted by atomic mass is 32.1. The molecule has 1 aromatic heterocycles. The first kappa shape index (κ1) is 13.0. The van der Waals surface area contributed by atoms with Gasteiger partial charge in [0.15, 0.2) is 0 Å². The van der Waals surface area contributed by atoms with Crippen LogP contribution in [0.25, 0.3) is 0 Å². The molecule has 0 amide bonds. The standard InChI is InChI=1S/C13H22N2OS/c1-15(11-12-4-2-8-16-12)7-6-14-10-13-5-3-9-17-13/h3,5,9,12,14H,2,4,6-8,10-11H2,1H3. The number of thiophene rings is 1. The van der Waals surface area contributed by atoms with Gasteiger partial charge in [-0.25, -0.2) is 0 Å². The van der Waals surface area contributed by atoms with E-state index in [4.69, 9.17) is 4.74 Å². The first-order chi connectivity index (χ1) is 8.34. The van der Waals surface area contributed by atoms with Gasteiger partial charge < -0.3 is 15.0 Å². The van der Waals surface area contributed by atoms with E-state index in [2.05, 4.69) is 34.8 Å². The van der Waals surface area contributed by atoms with E-state index < -0.39 is 0 Å². The Bertz CT molecular complexity index is 296. The largest absolute Gasteiger partial charge is 0.377 e. The van der Waals surface area contributed by atoms with Crippen molar-refractivity contribution in [3.63, 3.8) is 0 Å². The van der Waals surface area contributed by atoms with Crippen molar-refractivity contribution in [2.45, 2.75) is 25.5 Å². The topological polar surface area (TPSA) is 24.5 Å². The summed E-state index contributed by atoms with van der Waals surface area (Å²) in [5, 5.41) is 5.60. The van der Waals surface area contributed by atoms with Crippen molar-refractivity contribution < 1.29 is 4.74 Å². The summed E-state index contributed by atoms with van der Waals surface area (Å²) >= 11 is 1.81. The second kappa shape index (κ2) is 7.11. The van der Waals surface area contributed by atoms with Crippen LogP contribution in [-0.2, 0) is 11.3 Å². The summed E-state index contributed by atoms with van der Waals surface area (Å²) < 4.78 is 5.63. The molecule has 1 N–H and O–H groups in total. The highest BCUT2D eigenvalue weighted by Gasteiger charge is 2.16. The fraction of sp³-hybridized carbons (Fsp3) is 0.692. The van der Waals surface area contributed by atoms with Crippen molar-refractivity contribution in [2.24, 2.45) is 0 Å². The van der Waals surface area contributed by atoms with Gasteiger partial charge in [0.2, 0.25) is 0 Å². The van der Waals surface area contributed by atoms with Crippen LogP contribution >= 0.6 is 11.3 Å². The molecule has 0 aromatic carbocycles. The number of ether oxygens (including phenoxy) is 1. The molecule has 0 spiro atoms. The monoisotopic (exact) mass is 254 g/mol. The fourth-order valence-electron chi connectivity index (χ4n) is 2.12. The Morgan fingerprint density at radius 1 is 1.59 bits per heavy atom. The second-order valence-electron chi connectivity index (χ2n) is 4.65. The third-order valence-corrected chi connectivity index (χ3v) is 3.97. The summed E-state index contributed by atoms with van der Waals surface area (Å²) in [6.45, 7) is 5.15. The van der Waals surface area contributed by atoms with Gasteiger partial charge >= 0.3 is 0 Å². The van der Waals surface area contributed by atoms with Gasteiger partial charge in [0, 0.05) is 37.7 Å². The number of nitrogens with one attached hydrogen (secondary N) is 1. The van der Waals surface area contributed by atoms with E-state index in [0.717, 1.165) is 32.8 Å². The minimum absolute atomic E-state index is 0.470. The van der Waals surface area contributed by atoms with Gasteiger partial charge in [-0.2, -0.15) is 0 Å².